The van der Waals surface area contributed by atoms with E-state index in [1.54, 1.807) is 26.8 Å². The Balaban J connectivity index is 1.90. The highest BCUT2D eigenvalue weighted by atomic mass is 16.6. The van der Waals surface area contributed by atoms with Gasteiger partial charge in [0.05, 0.1) is 17.5 Å². The number of carbonyl (C=O) groups excluding carboxylic acids is 2. The Hall–Kier alpha value is -5.31. The molecule has 0 radical (unpaired) electrons. The summed E-state index contributed by atoms with van der Waals surface area (Å²) in [6.45, 7) is 9.21. The maximum Gasteiger partial charge on any atom is 0.417 e. The predicted molar refractivity (Wildman–Crippen MR) is 145 cm³/mol. The van der Waals surface area contributed by atoms with Crippen molar-refractivity contribution in [2.75, 3.05) is 16.8 Å². The van der Waals surface area contributed by atoms with Crippen molar-refractivity contribution in [3.8, 4) is 11.9 Å². The third kappa shape index (κ3) is 6.34. The van der Waals surface area contributed by atoms with E-state index in [2.05, 4.69) is 31.8 Å². The topological polar surface area (TPSA) is 169 Å². The van der Waals surface area contributed by atoms with Gasteiger partial charge in [-0.2, -0.15) is 15.2 Å². The molecule has 0 bridgehead atoms. The molecule has 39 heavy (non-hydrogen) atoms. The summed E-state index contributed by atoms with van der Waals surface area (Å²) >= 11 is 0. The van der Waals surface area contributed by atoms with Crippen LogP contribution in [0.1, 0.15) is 31.9 Å². The van der Waals surface area contributed by atoms with E-state index in [4.69, 9.17) is 15.2 Å². The number of ether oxygens (including phenoxy) is 2. The number of nitriles is 1. The molecule has 0 saturated carbocycles. The molecule has 3 aromatic heterocycles. The number of anilines is 2. The fraction of sp³-hybridized carbons (Fsp3) is 0.222. The van der Waals surface area contributed by atoms with Gasteiger partial charge in [0.25, 0.3) is 0 Å². The lowest BCUT2D eigenvalue weighted by Crippen LogP contribution is -2.38. The van der Waals surface area contributed by atoms with Gasteiger partial charge in [0, 0.05) is 5.39 Å². The maximum atomic E-state index is 13.0. The number of nitrogens with zero attached hydrogens (tertiary/aromatic N) is 6. The van der Waals surface area contributed by atoms with Crippen LogP contribution in [-0.4, -0.2) is 44.2 Å². The third-order valence-corrected chi connectivity index (χ3v) is 5.17. The zero-order valence-corrected chi connectivity index (χ0v) is 21.6. The van der Waals surface area contributed by atoms with E-state index < -0.39 is 17.7 Å². The molecule has 0 spiro atoms. The largest absolute Gasteiger partial charge is 0.472 e. The molecular weight excluding hydrogens is 500 g/mol. The van der Waals surface area contributed by atoms with Gasteiger partial charge in [-0.05, 0) is 38.5 Å². The van der Waals surface area contributed by atoms with Crippen LogP contribution < -0.4 is 20.7 Å². The van der Waals surface area contributed by atoms with E-state index in [-0.39, 0.29) is 47.7 Å². The van der Waals surface area contributed by atoms with Gasteiger partial charge in [-0.25, -0.2) is 24.5 Å². The normalized spacial score (nSPS) is 11.0. The second-order valence-corrected chi connectivity index (χ2v) is 9.37. The maximum absolute atomic E-state index is 13.0. The minimum atomic E-state index is -0.877. The van der Waals surface area contributed by atoms with Crippen molar-refractivity contribution in [3.63, 3.8) is 0 Å². The van der Waals surface area contributed by atoms with Crippen LogP contribution in [0.2, 0.25) is 0 Å². The number of benzene rings is 1. The highest BCUT2D eigenvalue weighted by Crippen LogP contribution is 2.30. The number of pyridine rings is 2. The number of primary amides is 1. The average molecular weight is 527 g/mol. The molecule has 0 saturated heterocycles. The number of hydrogen-bond donors (Lipinski definition) is 2. The summed E-state index contributed by atoms with van der Waals surface area (Å²) in [7, 11) is 0. The lowest BCUT2D eigenvalue weighted by molar-refractivity contribution is 0.0582. The summed E-state index contributed by atoms with van der Waals surface area (Å²) < 4.78 is 11.6. The molecule has 3 heterocycles. The summed E-state index contributed by atoms with van der Waals surface area (Å²) in [5.41, 5.74) is 5.78. The van der Waals surface area contributed by atoms with Crippen LogP contribution in [0.15, 0.2) is 55.1 Å². The van der Waals surface area contributed by atoms with Crippen molar-refractivity contribution in [1.82, 2.24) is 19.9 Å². The lowest BCUT2D eigenvalue weighted by atomic mass is 10.2. The summed E-state index contributed by atoms with van der Waals surface area (Å²) in [4.78, 5) is 43.5. The first-order valence-electron chi connectivity index (χ1n) is 11.9. The van der Waals surface area contributed by atoms with E-state index in [1.165, 1.54) is 17.0 Å². The summed E-state index contributed by atoms with van der Waals surface area (Å²) in [5.74, 6) is 0.0978. The molecule has 0 fully saturated rings. The van der Waals surface area contributed by atoms with E-state index >= 15 is 0 Å². The summed E-state index contributed by atoms with van der Waals surface area (Å²) in [6, 6.07) is 13.8. The molecule has 4 rings (SSSR count). The molecule has 0 unspecified atom stereocenters. The van der Waals surface area contributed by atoms with Gasteiger partial charge in [0.2, 0.25) is 11.8 Å². The second-order valence-electron chi connectivity index (χ2n) is 9.37. The van der Waals surface area contributed by atoms with Gasteiger partial charge < -0.3 is 15.2 Å². The van der Waals surface area contributed by atoms with Crippen LogP contribution in [0, 0.1) is 11.3 Å². The summed E-state index contributed by atoms with van der Waals surface area (Å²) in [6.07, 6.45) is 0.837. The summed E-state index contributed by atoms with van der Waals surface area (Å²) in [5, 5.41) is 12.8. The smallest absolute Gasteiger partial charge is 0.417 e. The Morgan fingerprint density at radius 1 is 1.13 bits per heavy atom. The number of urea groups is 1. The van der Waals surface area contributed by atoms with Crippen molar-refractivity contribution in [2.45, 2.75) is 33.0 Å². The second kappa shape index (κ2) is 11.0. The number of nitrogens with one attached hydrogen (secondary N) is 1. The SMILES string of the molecule is C=CCN(C(=O)OC(C)(C)C)c1nc(OCc2ccccc2)c2cc3cc(C#N)c(NC(N)=O)nc3nc2n1. The van der Waals surface area contributed by atoms with Gasteiger partial charge in [-0.15, -0.1) is 6.58 Å². The zero-order valence-electron chi connectivity index (χ0n) is 21.6. The van der Waals surface area contributed by atoms with E-state index in [9.17, 15) is 14.9 Å². The minimum absolute atomic E-state index is 0.0179. The van der Waals surface area contributed by atoms with Crippen LogP contribution in [0.25, 0.3) is 22.1 Å². The molecule has 12 heteroatoms. The van der Waals surface area contributed by atoms with E-state index in [0.29, 0.717) is 10.8 Å². The molecule has 0 aliphatic carbocycles. The fourth-order valence-corrected chi connectivity index (χ4v) is 3.55. The molecule has 4 aromatic rings. The molecule has 0 aliphatic heterocycles. The Labute approximate surface area is 224 Å². The van der Waals surface area contributed by atoms with Crippen LogP contribution in [0.5, 0.6) is 5.88 Å². The quantitative estimate of drug-likeness (QED) is 0.261. The number of hydrogen-bond acceptors (Lipinski definition) is 9. The first-order valence-corrected chi connectivity index (χ1v) is 11.9. The van der Waals surface area contributed by atoms with Gasteiger partial charge in [0.15, 0.2) is 17.1 Å². The predicted octanol–water partition coefficient (Wildman–Crippen LogP) is 4.44. The number of aromatic nitrogens is 4. The zero-order chi connectivity index (χ0) is 28.2. The molecule has 12 nitrogen and oxygen atoms in total. The van der Waals surface area contributed by atoms with Crippen molar-refractivity contribution in [3.05, 3.63) is 66.2 Å². The number of amides is 3. The number of fused-ring (bicyclic) bond motifs is 2. The molecule has 198 valence electrons. The first-order chi connectivity index (χ1) is 18.6. The Kier molecular flexibility index (Phi) is 7.53. The Morgan fingerprint density at radius 3 is 2.51 bits per heavy atom. The Morgan fingerprint density at radius 2 is 1.87 bits per heavy atom. The third-order valence-electron chi connectivity index (χ3n) is 5.17. The Bertz CT molecular complexity index is 1610. The average Bonchev–Trinajstić information content (AvgIpc) is 2.88. The van der Waals surface area contributed by atoms with Crippen LogP contribution in [0.3, 0.4) is 0 Å². The number of carbonyl (C=O) groups is 2. The monoisotopic (exact) mass is 526 g/mol. The van der Waals surface area contributed by atoms with Gasteiger partial charge >= 0.3 is 12.1 Å². The van der Waals surface area contributed by atoms with Crippen molar-refractivity contribution >= 4 is 46.0 Å². The highest BCUT2D eigenvalue weighted by Gasteiger charge is 2.26. The molecule has 0 aliphatic rings. The fourth-order valence-electron chi connectivity index (χ4n) is 3.55. The van der Waals surface area contributed by atoms with Crippen LogP contribution >= 0.6 is 0 Å². The van der Waals surface area contributed by atoms with Gasteiger partial charge in [-0.1, -0.05) is 36.4 Å². The van der Waals surface area contributed by atoms with E-state index in [1.807, 2.05) is 36.4 Å². The van der Waals surface area contributed by atoms with Crippen LogP contribution in [-0.2, 0) is 11.3 Å². The molecule has 3 N–H and O–H groups in total. The number of rotatable bonds is 7. The standard InChI is InChI=1S/C27H26N8O4/c1-5-11-35(26(37)39-27(2,3)4)25-33-22-19(23(34-25)38-15-16-9-7-6-8-10-16)13-17-12-18(14-28)21(32-24(29)36)30-20(17)31-22/h5-10,12-13H,1,11,15H2,2-4H3,(H3,29,30,31,32,33,34,36). The van der Waals surface area contributed by atoms with Crippen molar-refractivity contribution in [1.29, 1.82) is 5.26 Å². The van der Waals surface area contributed by atoms with Crippen LogP contribution in [0.4, 0.5) is 21.4 Å². The van der Waals surface area contributed by atoms with Gasteiger partial charge in [-0.3, -0.25) is 5.32 Å². The van der Waals surface area contributed by atoms with Crippen molar-refractivity contribution in [2.24, 2.45) is 5.73 Å². The van der Waals surface area contributed by atoms with E-state index in [0.717, 1.165) is 5.56 Å². The highest BCUT2D eigenvalue weighted by molar-refractivity contribution is 5.96. The van der Waals surface area contributed by atoms with Crippen molar-refractivity contribution < 1.29 is 19.1 Å². The van der Waals surface area contributed by atoms with Gasteiger partial charge in [0.1, 0.15) is 18.3 Å². The molecule has 0 atom stereocenters. The molecule has 1 aromatic carbocycles. The lowest BCUT2D eigenvalue weighted by Gasteiger charge is -2.25. The molecule has 3 amide bonds. The minimum Gasteiger partial charge on any atom is -0.472 e. The first kappa shape index (κ1) is 26.7. The number of nitrogens with two attached hydrogens (primary N) is 1. The molecular formula is C27H26N8O4.